The van der Waals surface area contributed by atoms with Gasteiger partial charge in [-0.05, 0) is 66.1 Å². The number of pyridine rings is 1. The number of hydrogen-bond acceptors (Lipinski definition) is 7. The highest BCUT2D eigenvalue weighted by atomic mass is 19.4. The Morgan fingerprint density at radius 2 is 1.47 bits per heavy atom. The first-order valence-corrected chi connectivity index (χ1v) is 16.0. The maximum Gasteiger partial charge on any atom is 0.573 e. The topological polar surface area (TPSA) is 87.2 Å². The second kappa shape index (κ2) is 15.3. The Bertz CT molecular complexity index is 1720. The number of carbonyl (C=O) groups excluding carboxylic acids is 2. The second-order valence-corrected chi connectivity index (χ2v) is 12.3. The molecule has 1 aromatic heterocycles. The fourth-order valence-corrected chi connectivity index (χ4v) is 5.53. The van der Waals surface area contributed by atoms with Crippen LogP contribution in [-0.2, 0) is 11.2 Å². The van der Waals surface area contributed by atoms with E-state index in [-0.39, 0.29) is 29.7 Å². The number of anilines is 3. The number of benzene rings is 3. The molecule has 2 amide bonds. The zero-order valence-corrected chi connectivity index (χ0v) is 28.0. The highest BCUT2D eigenvalue weighted by molar-refractivity contribution is 6.04. The van der Waals surface area contributed by atoms with Crippen molar-refractivity contribution in [3.63, 3.8) is 0 Å². The highest BCUT2D eigenvalue weighted by Crippen LogP contribution is 2.30. The number of amides is 2. The summed E-state index contributed by atoms with van der Waals surface area (Å²) in [5.41, 5.74) is 5.11. The Morgan fingerprint density at radius 1 is 0.857 bits per heavy atom. The number of carbonyl (C=O) groups is 2. The molecule has 12 heteroatoms. The van der Waals surface area contributed by atoms with Crippen molar-refractivity contribution in [2.75, 3.05) is 56.4 Å². The average molecular weight is 676 g/mol. The zero-order chi connectivity index (χ0) is 35.1. The summed E-state index contributed by atoms with van der Waals surface area (Å²) in [5, 5.41) is 2.72. The van der Waals surface area contributed by atoms with E-state index < -0.39 is 18.0 Å². The molecule has 0 atom stereocenters. The molecule has 0 radical (unpaired) electrons. The first kappa shape index (κ1) is 35.1. The maximum atomic E-state index is 13.7. The van der Waals surface area contributed by atoms with E-state index >= 15 is 0 Å². The molecule has 0 aliphatic carbocycles. The highest BCUT2D eigenvalue weighted by Gasteiger charge is 2.32. The number of piperidine rings is 1. The number of nitrogens with one attached hydrogen (secondary N) is 1. The Hall–Kier alpha value is -5.26. The zero-order valence-electron chi connectivity index (χ0n) is 28.0. The number of likely N-dealkylation sites (tertiary alicyclic amines) is 1. The van der Waals surface area contributed by atoms with E-state index in [2.05, 4.69) is 15.0 Å². The van der Waals surface area contributed by atoms with Gasteiger partial charge in [0.05, 0.1) is 11.3 Å². The van der Waals surface area contributed by atoms with Crippen LogP contribution in [0.1, 0.15) is 35.2 Å². The SMILES string of the molecule is CN(C)c1ccc(CCC(=O)Nc2ccc(OC(F)(F)F)cc2C(=O)N2CCC(Oc3ccc(-c4ccc(N(C)C)cc4)cn3)CC2)cc1. The number of hydrogen-bond donors (Lipinski definition) is 1. The van der Waals surface area contributed by atoms with E-state index in [0.717, 1.165) is 40.2 Å². The number of alkyl halides is 3. The van der Waals surface area contributed by atoms with Crippen LogP contribution < -0.4 is 24.6 Å². The van der Waals surface area contributed by atoms with Crippen molar-refractivity contribution in [3.05, 3.63) is 96.2 Å². The Morgan fingerprint density at radius 3 is 2.04 bits per heavy atom. The van der Waals surface area contributed by atoms with Crippen LogP contribution in [0.5, 0.6) is 11.6 Å². The number of ether oxygens (including phenoxy) is 2. The van der Waals surface area contributed by atoms with E-state index in [0.29, 0.717) is 38.2 Å². The Kier molecular flexibility index (Phi) is 11.0. The summed E-state index contributed by atoms with van der Waals surface area (Å²) < 4.78 is 49.3. The second-order valence-electron chi connectivity index (χ2n) is 12.3. The molecule has 1 fully saturated rings. The maximum absolute atomic E-state index is 13.7. The van der Waals surface area contributed by atoms with Crippen molar-refractivity contribution in [1.29, 1.82) is 0 Å². The van der Waals surface area contributed by atoms with Crippen molar-refractivity contribution in [2.24, 2.45) is 0 Å². The van der Waals surface area contributed by atoms with E-state index in [1.54, 1.807) is 11.1 Å². The van der Waals surface area contributed by atoms with E-state index in [1.807, 2.05) is 98.7 Å². The van der Waals surface area contributed by atoms with Gasteiger partial charge in [-0.15, -0.1) is 13.2 Å². The quantitative estimate of drug-likeness (QED) is 0.183. The molecule has 5 rings (SSSR count). The third-order valence-corrected chi connectivity index (χ3v) is 8.29. The van der Waals surface area contributed by atoms with E-state index in [4.69, 9.17) is 4.74 Å². The van der Waals surface area contributed by atoms with Crippen LogP contribution >= 0.6 is 0 Å². The lowest BCUT2D eigenvalue weighted by Gasteiger charge is -2.32. The lowest BCUT2D eigenvalue weighted by Crippen LogP contribution is -2.42. The van der Waals surface area contributed by atoms with Crippen LogP contribution in [-0.4, -0.2) is 75.4 Å². The smallest absolute Gasteiger partial charge is 0.474 e. The van der Waals surface area contributed by atoms with Gasteiger partial charge < -0.3 is 29.5 Å². The largest absolute Gasteiger partial charge is 0.573 e. The lowest BCUT2D eigenvalue weighted by atomic mass is 10.0. The van der Waals surface area contributed by atoms with Gasteiger partial charge in [-0.1, -0.05) is 24.3 Å². The molecule has 9 nitrogen and oxygen atoms in total. The van der Waals surface area contributed by atoms with Gasteiger partial charge in [-0.3, -0.25) is 9.59 Å². The average Bonchev–Trinajstić information content (AvgIpc) is 3.08. The van der Waals surface area contributed by atoms with Crippen LogP contribution in [0.15, 0.2) is 85.1 Å². The van der Waals surface area contributed by atoms with Crippen LogP contribution in [0, 0.1) is 0 Å². The van der Waals surface area contributed by atoms with Gasteiger partial charge in [0.1, 0.15) is 11.9 Å². The van der Waals surface area contributed by atoms with E-state index in [1.165, 1.54) is 6.07 Å². The van der Waals surface area contributed by atoms with Gasteiger partial charge in [0.15, 0.2) is 0 Å². The summed E-state index contributed by atoms with van der Waals surface area (Å²) in [6, 6.07) is 23.0. The molecule has 1 N–H and O–H groups in total. The molecule has 258 valence electrons. The van der Waals surface area contributed by atoms with Gasteiger partial charge >= 0.3 is 6.36 Å². The molecule has 0 saturated carbocycles. The van der Waals surface area contributed by atoms with Crippen molar-refractivity contribution in [2.45, 2.75) is 38.1 Å². The molecular formula is C37H40F3N5O4. The molecule has 1 aliphatic rings. The monoisotopic (exact) mass is 675 g/mol. The van der Waals surface area contributed by atoms with Crippen LogP contribution in [0.4, 0.5) is 30.2 Å². The Labute approximate surface area is 284 Å². The number of halogens is 3. The summed E-state index contributed by atoms with van der Waals surface area (Å²) in [6.07, 6.45) is -1.82. The predicted molar refractivity (Wildman–Crippen MR) is 184 cm³/mol. The van der Waals surface area contributed by atoms with Crippen molar-refractivity contribution in [1.82, 2.24) is 9.88 Å². The minimum Gasteiger partial charge on any atom is -0.474 e. The first-order valence-electron chi connectivity index (χ1n) is 16.0. The van der Waals surface area contributed by atoms with Gasteiger partial charge in [0.2, 0.25) is 11.8 Å². The van der Waals surface area contributed by atoms with Crippen LogP contribution in [0.3, 0.4) is 0 Å². The third-order valence-electron chi connectivity index (χ3n) is 8.29. The Balaban J connectivity index is 1.20. The standard InChI is InChI=1S/C37H40F3N5O4/c1-43(2)28-11-5-25(6-12-28)7-17-34(46)42-33-16-15-31(49-37(38,39)40)23-32(33)36(47)45-21-19-30(20-22-45)48-35-18-10-27(24-41-35)26-8-13-29(14-9-26)44(3)4/h5-6,8-16,18,23-24,30H,7,17,19-22H2,1-4H3,(H,42,46). The first-order chi connectivity index (χ1) is 23.3. The fourth-order valence-electron chi connectivity index (χ4n) is 5.53. The summed E-state index contributed by atoms with van der Waals surface area (Å²) in [6.45, 7) is 0.612. The summed E-state index contributed by atoms with van der Waals surface area (Å²) in [7, 11) is 7.85. The minimum absolute atomic E-state index is 0.0827. The lowest BCUT2D eigenvalue weighted by molar-refractivity contribution is -0.274. The van der Waals surface area contributed by atoms with Crippen LogP contribution in [0.2, 0.25) is 0 Å². The normalized spacial score (nSPS) is 13.5. The molecule has 1 saturated heterocycles. The number of aromatic nitrogens is 1. The van der Waals surface area contributed by atoms with Crippen molar-refractivity contribution < 1.29 is 32.2 Å². The van der Waals surface area contributed by atoms with Crippen molar-refractivity contribution >= 4 is 28.9 Å². The predicted octanol–water partition coefficient (Wildman–Crippen LogP) is 7.03. The number of rotatable bonds is 11. The molecule has 3 aromatic carbocycles. The van der Waals surface area contributed by atoms with Gasteiger partial charge in [-0.2, -0.15) is 0 Å². The number of aryl methyl sites for hydroxylation is 1. The molecule has 0 bridgehead atoms. The van der Waals surface area contributed by atoms with E-state index in [9.17, 15) is 22.8 Å². The van der Waals surface area contributed by atoms with Crippen LogP contribution in [0.25, 0.3) is 11.1 Å². The van der Waals surface area contributed by atoms with Gasteiger partial charge in [0.25, 0.3) is 5.91 Å². The fraction of sp³-hybridized carbons (Fsp3) is 0.324. The summed E-state index contributed by atoms with van der Waals surface area (Å²) in [4.78, 5) is 36.6. The molecule has 1 aliphatic heterocycles. The molecule has 0 unspecified atom stereocenters. The third kappa shape index (κ3) is 9.65. The van der Waals surface area contributed by atoms with Crippen molar-refractivity contribution in [3.8, 4) is 22.8 Å². The summed E-state index contributed by atoms with van der Waals surface area (Å²) in [5.74, 6) is -0.958. The number of nitrogens with zero attached hydrogens (tertiary/aromatic N) is 4. The molecule has 4 aromatic rings. The van der Waals surface area contributed by atoms with Gasteiger partial charge in [-0.25, -0.2) is 4.98 Å². The van der Waals surface area contributed by atoms with Gasteiger partial charge in [0, 0.05) is 89.7 Å². The minimum atomic E-state index is -4.94. The molecular weight excluding hydrogens is 635 g/mol. The molecule has 49 heavy (non-hydrogen) atoms. The summed E-state index contributed by atoms with van der Waals surface area (Å²) >= 11 is 0. The molecule has 2 heterocycles. The molecule has 0 spiro atoms.